The summed E-state index contributed by atoms with van der Waals surface area (Å²) >= 11 is 0. The van der Waals surface area contributed by atoms with E-state index in [1.54, 1.807) is 7.11 Å². The molecular weight excluding hydrogens is 258 g/mol. The molecule has 1 heterocycles. The summed E-state index contributed by atoms with van der Waals surface area (Å²) in [4.78, 5) is 4.19. The third-order valence-electron chi connectivity index (χ3n) is 2.84. The molecule has 6 heteroatoms. The molecule has 0 aliphatic rings. The highest BCUT2D eigenvalue weighted by Crippen LogP contribution is 2.28. The summed E-state index contributed by atoms with van der Waals surface area (Å²) in [6.07, 6.45) is 1.54. The van der Waals surface area contributed by atoms with Crippen molar-refractivity contribution in [2.45, 2.75) is 26.4 Å². The van der Waals surface area contributed by atoms with E-state index in [1.165, 1.54) is 0 Å². The van der Waals surface area contributed by atoms with E-state index in [0.29, 0.717) is 29.8 Å². The van der Waals surface area contributed by atoms with Crippen LogP contribution in [0.3, 0.4) is 0 Å². The van der Waals surface area contributed by atoms with Crippen molar-refractivity contribution >= 4 is 0 Å². The quantitative estimate of drug-likeness (QED) is 0.829. The summed E-state index contributed by atoms with van der Waals surface area (Å²) in [5.74, 6) is 2.44. The Kier molecular flexibility index (Phi) is 4.95. The number of aromatic nitrogens is 2. The van der Waals surface area contributed by atoms with Gasteiger partial charge in [0.25, 0.3) is 5.89 Å². The fourth-order valence-corrected chi connectivity index (χ4v) is 1.79. The zero-order chi connectivity index (χ0) is 14.4. The molecule has 2 aromatic rings. The van der Waals surface area contributed by atoms with Crippen LogP contribution in [0.5, 0.6) is 11.5 Å². The van der Waals surface area contributed by atoms with Crippen molar-refractivity contribution in [2.75, 3.05) is 13.7 Å². The second-order valence-electron chi connectivity index (χ2n) is 4.27. The highest BCUT2D eigenvalue weighted by Gasteiger charge is 2.09. The monoisotopic (exact) mass is 277 g/mol. The lowest BCUT2D eigenvalue weighted by Gasteiger charge is -2.10. The second kappa shape index (κ2) is 6.91. The molecule has 1 aromatic heterocycles. The molecule has 0 bridgehead atoms. The first-order chi connectivity index (χ1) is 9.76. The third kappa shape index (κ3) is 3.48. The maximum atomic E-state index is 5.65. The molecule has 0 unspecified atom stereocenters. The van der Waals surface area contributed by atoms with Crippen molar-refractivity contribution in [3.63, 3.8) is 0 Å². The minimum atomic E-state index is 0.222. The highest BCUT2D eigenvalue weighted by atomic mass is 16.5. The first kappa shape index (κ1) is 14.3. The molecule has 2 N–H and O–H groups in total. The number of methoxy groups -OCH3 is 1. The first-order valence-corrected chi connectivity index (χ1v) is 6.58. The Morgan fingerprint density at radius 1 is 1.30 bits per heavy atom. The Balaban J connectivity index is 2.04. The Labute approximate surface area is 117 Å². The standard InChI is InChI=1S/C14H19N3O3/c1-3-13-16-14(20-17-13)9-19-11-5-4-10(6-7-15)8-12(11)18-2/h4-5,8H,3,6-7,9,15H2,1-2H3. The van der Waals surface area contributed by atoms with Crippen molar-refractivity contribution in [2.24, 2.45) is 5.73 Å². The normalized spacial score (nSPS) is 10.6. The van der Waals surface area contributed by atoms with E-state index in [-0.39, 0.29) is 6.61 Å². The van der Waals surface area contributed by atoms with Gasteiger partial charge in [-0.2, -0.15) is 4.98 Å². The molecule has 0 fully saturated rings. The number of hydrogen-bond donors (Lipinski definition) is 1. The molecular formula is C14H19N3O3. The Hall–Kier alpha value is -2.08. The zero-order valence-corrected chi connectivity index (χ0v) is 11.8. The number of rotatable bonds is 7. The fourth-order valence-electron chi connectivity index (χ4n) is 1.79. The predicted molar refractivity (Wildman–Crippen MR) is 73.8 cm³/mol. The van der Waals surface area contributed by atoms with Gasteiger partial charge in [0.1, 0.15) is 0 Å². The molecule has 0 aliphatic carbocycles. The van der Waals surface area contributed by atoms with Gasteiger partial charge in [-0.1, -0.05) is 18.1 Å². The van der Waals surface area contributed by atoms with Gasteiger partial charge in [-0.05, 0) is 30.7 Å². The van der Waals surface area contributed by atoms with E-state index >= 15 is 0 Å². The lowest BCUT2D eigenvalue weighted by molar-refractivity contribution is 0.233. The van der Waals surface area contributed by atoms with Gasteiger partial charge in [0.2, 0.25) is 0 Å². The molecule has 20 heavy (non-hydrogen) atoms. The van der Waals surface area contributed by atoms with Crippen LogP contribution in [0.25, 0.3) is 0 Å². The average molecular weight is 277 g/mol. The summed E-state index contributed by atoms with van der Waals surface area (Å²) in [5, 5.41) is 3.82. The van der Waals surface area contributed by atoms with Crippen LogP contribution in [-0.4, -0.2) is 23.8 Å². The van der Waals surface area contributed by atoms with E-state index < -0.39 is 0 Å². The van der Waals surface area contributed by atoms with Crippen molar-refractivity contribution in [1.29, 1.82) is 0 Å². The predicted octanol–water partition coefficient (Wildman–Crippen LogP) is 1.72. The largest absolute Gasteiger partial charge is 0.493 e. The number of benzene rings is 1. The van der Waals surface area contributed by atoms with Gasteiger partial charge < -0.3 is 19.7 Å². The van der Waals surface area contributed by atoms with Crippen LogP contribution >= 0.6 is 0 Å². The highest BCUT2D eigenvalue weighted by molar-refractivity contribution is 5.43. The van der Waals surface area contributed by atoms with Gasteiger partial charge in [-0.15, -0.1) is 0 Å². The summed E-state index contributed by atoms with van der Waals surface area (Å²) in [6.45, 7) is 2.79. The average Bonchev–Trinajstić information content (AvgIpc) is 2.94. The maximum absolute atomic E-state index is 5.65. The smallest absolute Gasteiger partial charge is 0.264 e. The van der Waals surface area contributed by atoms with Crippen LogP contribution in [0.15, 0.2) is 22.7 Å². The zero-order valence-electron chi connectivity index (χ0n) is 11.8. The van der Waals surface area contributed by atoms with E-state index in [0.717, 1.165) is 18.4 Å². The van der Waals surface area contributed by atoms with Gasteiger partial charge in [-0.3, -0.25) is 0 Å². The molecule has 0 aliphatic heterocycles. The lowest BCUT2D eigenvalue weighted by Crippen LogP contribution is -2.03. The first-order valence-electron chi connectivity index (χ1n) is 6.58. The minimum absolute atomic E-state index is 0.222. The van der Waals surface area contributed by atoms with Crippen molar-refractivity contribution < 1.29 is 14.0 Å². The van der Waals surface area contributed by atoms with Crippen LogP contribution in [-0.2, 0) is 19.4 Å². The van der Waals surface area contributed by atoms with Crippen LogP contribution < -0.4 is 15.2 Å². The summed E-state index contributed by atoms with van der Waals surface area (Å²) in [5.41, 5.74) is 6.65. The van der Waals surface area contributed by atoms with Crippen LogP contribution in [0.1, 0.15) is 24.2 Å². The molecule has 0 atom stereocenters. The molecule has 0 spiro atoms. The topological polar surface area (TPSA) is 83.4 Å². The van der Waals surface area contributed by atoms with E-state index in [2.05, 4.69) is 10.1 Å². The van der Waals surface area contributed by atoms with Crippen LogP contribution in [0, 0.1) is 0 Å². The van der Waals surface area contributed by atoms with Crippen LogP contribution in [0.4, 0.5) is 0 Å². The number of hydrogen-bond acceptors (Lipinski definition) is 6. The third-order valence-corrected chi connectivity index (χ3v) is 2.84. The molecule has 0 radical (unpaired) electrons. The van der Waals surface area contributed by atoms with Gasteiger partial charge in [0.15, 0.2) is 23.9 Å². The van der Waals surface area contributed by atoms with E-state index in [1.807, 2.05) is 25.1 Å². The Morgan fingerprint density at radius 3 is 2.80 bits per heavy atom. The Bertz CT molecular complexity index is 554. The number of nitrogens with zero attached hydrogens (tertiary/aromatic N) is 2. The second-order valence-corrected chi connectivity index (χ2v) is 4.27. The van der Waals surface area contributed by atoms with E-state index in [9.17, 15) is 0 Å². The van der Waals surface area contributed by atoms with Gasteiger partial charge in [0, 0.05) is 6.42 Å². The number of aryl methyl sites for hydroxylation is 1. The molecule has 2 rings (SSSR count). The summed E-state index contributed by atoms with van der Waals surface area (Å²) in [6, 6.07) is 5.75. The molecule has 1 aromatic carbocycles. The fraction of sp³-hybridized carbons (Fsp3) is 0.429. The van der Waals surface area contributed by atoms with E-state index in [4.69, 9.17) is 19.7 Å². The molecule has 6 nitrogen and oxygen atoms in total. The Morgan fingerprint density at radius 2 is 2.15 bits per heavy atom. The van der Waals surface area contributed by atoms with Gasteiger partial charge >= 0.3 is 0 Å². The van der Waals surface area contributed by atoms with Crippen molar-refractivity contribution in [1.82, 2.24) is 10.1 Å². The maximum Gasteiger partial charge on any atom is 0.264 e. The molecule has 0 amide bonds. The molecule has 0 saturated carbocycles. The SMILES string of the molecule is CCc1noc(COc2ccc(CCN)cc2OC)n1. The van der Waals surface area contributed by atoms with Crippen LogP contribution in [0.2, 0.25) is 0 Å². The van der Waals surface area contributed by atoms with Gasteiger partial charge in [0.05, 0.1) is 7.11 Å². The molecule has 108 valence electrons. The minimum Gasteiger partial charge on any atom is -0.493 e. The number of nitrogens with two attached hydrogens (primary N) is 1. The summed E-state index contributed by atoms with van der Waals surface area (Å²) in [7, 11) is 1.61. The summed E-state index contributed by atoms with van der Waals surface area (Å²) < 4.78 is 16.0. The lowest BCUT2D eigenvalue weighted by atomic mass is 10.1. The molecule has 0 saturated heterocycles. The van der Waals surface area contributed by atoms with Gasteiger partial charge in [-0.25, -0.2) is 0 Å². The van der Waals surface area contributed by atoms with Crippen molar-refractivity contribution in [3.05, 3.63) is 35.5 Å². The number of ether oxygens (including phenoxy) is 2. The van der Waals surface area contributed by atoms with Crippen molar-refractivity contribution in [3.8, 4) is 11.5 Å².